The number of hydrogen-bond acceptors (Lipinski definition) is 4. The summed E-state index contributed by atoms with van der Waals surface area (Å²) < 4.78 is 27.4. The van der Waals surface area contributed by atoms with Crippen LogP contribution in [0.15, 0.2) is 53.4 Å². The van der Waals surface area contributed by atoms with Gasteiger partial charge in [0.2, 0.25) is 5.91 Å². The molecule has 2 atom stereocenters. The van der Waals surface area contributed by atoms with E-state index in [1.165, 1.54) is 0 Å². The number of carbonyl (C=O) groups is 1. The molecular weight excluding hydrogens is 398 g/mol. The van der Waals surface area contributed by atoms with Crippen LogP contribution in [0.3, 0.4) is 0 Å². The molecule has 4 N–H and O–H groups in total. The van der Waals surface area contributed by atoms with Crippen molar-refractivity contribution in [2.24, 2.45) is 17.6 Å². The second-order valence-electron chi connectivity index (χ2n) is 7.02. The van der Waals surface area contributed by atoms with E-state index >= 15 is 0 Å². The lowest BCUT2D eigenvalue weighted by atomic mass is 9.95. The van der Waals surface area contributed by atoms with E-state index in [0.29, 0.717) is 17.9 Å². The summed E-state index contributed by atoms with van der Waals surface area (Å²) in [4.78, 5) is 12.6. The second-order valence-corrected chi connectivity index (χ2v) is 8.70. The summed E-state index contributed by atoms with van der Waals surface area (Å²) in [5.41, 5.74) is 7.82. The van der Waals surface area contributed by atoms with E-state index in [-0.39, 0.29) is 35.0 Å². The first-order valence-electron chi connectivity index (χ1n) is 9.09. The molecule has 28 heavy (non-hydrogen) atoms. The highest BCUT2D eigenvalue weighted by molar-refractivity contribution is 7.92. The van der Waals surface area contributed by atoms with Crippen LogP contribution in [0.2, 0.25) is 0 Å². The number of rotatable bonds is 6. The maximum absolute atomic E-state index is 12.4. The molecule has 0 bridgehead atoms. The Balaban J connectivity index is 0.00000280. The van der Waals surface area contributed by atoms with Gasteiger partial charge in [0.25, 0.3) is 10.0 Å². The Morgan fingerprint density at radius 3 is 2.25 bits per heavy atom. The molecule has 0 aromatic heterocycles. The molecule has 152 valence electrons. The van der Waals surface area contributed by atoms with Gasteiger partial charge in [0.1, 0.15) is 0 Å². The number of aryl methyl sites for hydroxylation is 1. The summed E-state index contributed by atoms with van der Waals surface area (Å²) in [6.07, 6.45) is 2.89. The number of halogens is 1. The van der Waals surface area contributed by atoms with Crippen LogP contribution in [-0.4, -0.2) is 20.9 Å². The van der Waals surface area contributed by atoms with Gasteiger partial charge in [-0.3, -0.25) is 9.52 Å². The van der Waals surface area contributed by atoms with Crippen LogP contribution in [-0.2, 0) is 14.8 Å². The molecule has 1 fully saturated rings. The summed E-state index contributed by atoms with van der Waals surface area (Å²) in [5.74, 6) is 0.177. The first kappa shape index (κ1) is 22.2. The number of anilines is 2. The van der Waals surface area contributed by atoms with E-state index in [4.69, 9.17) is 5.73 Å². The molecule has 0 heterocycles. The van der Waals surface area contributed by atoms with Gasteiger partial charge in [0.05, 0.1) is 4.90 Å². The smallest absolute Gasteiger partial charge is 0.261 e. The molecule has 2 aromatic carbocycles. The maximum Gasteiger partial charge on any atom is 0.261 e. The number of benzene rings is 2. The molecule has 0 saturated heterocycles. The monoisotopic (exact) mass is 423 g/mol. The van der Waals surface area contributed by atoms with Crippen LogP contribution in [0.1, 0.15) is 24.8 Å². The van der Waals surface area contributed by atoms with Crippen LogP contribution in [0.5, 0.6) is 0 Å². The van der Waals surface area contributed by atoms with Crippen molar-refractivity contribution in [1.82, 2.24) is 0 Å². The normalized spacial score (nSPS) is 18.9. The van der Waals surface area contributed by atoms with E-state index in [0.717, 1.165) is 24.8 Å². The molecule has 0 unspecified atom stereocenters. The van der Waals surface area contributed by atoms with Crippen LogP contribution in [0.25, 0.3) is 0 Å². The van der Waals surface area contributed by atoms with Crippen molar-refractivity contribution >= 4 is 39.7 Å². The molecule has 1 saturated carbocycles. The predicted molar refractivity (Wildman–Crippen MR) is 114 cm³/mol. The minimum Gasteiger partial charge on any atom is -0.330 e. The Kier molecular flexibility index (Phi) is 7.46. The van der Waals surface area contributed by atoms with Gasteiger partial charge in [-0.2, -0.15) is 0 Å². The van der Waals surface area contributed by atoms with Gasteiger partial charge in [0.15, 0.2) is 0 Å². The summed E-state index contributed by atoms with van der Waals surface area (Å²) in [6.45, 7) is 2.43. The number of nitrogens with two attached hydrogens (primary N) is 1. The highest BCUT2D eigenvalue weighted by Gasteiger charge is 2.31. The average Bonchev–Trinajstić information content (AvgIpc) is 3.12. The van der Waals surface area contributed by atoms with Gasteiger partial charge in [-0.1, -0.05) is 24.1 Å². The molecule has 6 nitrogen and oxygen atoms in total. The zero-order chi connectivity index (χ0) is 19.4. The van der Waals surface area contributed by atoms with Crippen molar-refractivity contribution in [3.8, 4) is 0 Å². The fraction of sp³-hybridized carbons (Fsp3) is 0.350. The number of carbonyl (C=O) groups excluding carboxylic acids is 1. The van der Waals surface area contributed by atoms with Gasteiger partial charge in [-0.25, -0.2) is 8.42 Å². The average molecular weight is 424 g/mol. The molecular formula is C20H26ClN3O3S. The quantitative estimate of drug-likeness (QED) is 0.661. The largest absolute Gasteiger partial charge is 0.330 e. The minimum absolute atomic E-state index is 0. The predicted octanol–water partition coefficient (Wildman–Crippen LogP) is 3.53. The molecule has 2 aromatic rings. The topological polar surface area (TPSA) is 101 Å². The van der Waals surface area contributed by atoms with E-state index < -0.39 is 10.0 Å². The van der Waals surface area contributed by atoms with E-state index in [2.05, 4.69) is 10.0 Å². The van der Waals surface area contributed by atoms with Gasteiger partial charge >= 0.3 is 0 Å². The first-order chi connectivity index (χ1) is 12.9. The van der Waals surface area contributed by atoms with E-state index in [1.54, 1.807) is 48.5 Å². The minimum atomic E-state index is -3.64. The summed E-state index contributed by atoms with van der Waals surface area (Å²) >= 11 is 0. The summed E-state index contributed by atoms with van der Waals surface area (Å²) in [6, 6.07) is 13.3. The van der Waals surface area contributed by atoms with Gasteiger partial charge in [-0.05, 0) is 68.6 Å². The van der Waals surface area contributed by atoms with Crippen LogP contribution < -0.4 is 15.8 Å². The third-order valence-corrected chi connectivity index (χ3v) is 6.43. The van der Waals surface area contributed by atoms with Crippen molar-refractivity contribution in [2.45, 2.75) is 31.1 Å². The molecule has 0 spiro atoms. The first-order valence-corrected chi connectivity index (χ1v) is 10.6. The lowest BCUT2D eigenvalue weighted by Crippen LogP contribution is -2.29. The fourth-order valence-corrected chi connectivity index (χ4v) is 4.51. The molecule has 1 amide bonds. The SMILES string of the molecule is Cc1ccc(S(=O)(=O)Nc2ccc(NC(=O)[C@@H]3CCC[C@@H]3CN)cc2)cc1.Cl. The molecule has 8 heteroatoms. The summed E-state index contributed by atoms with van der Waals surface area (Å²) in [5, 5.41) is 2.90. The standard InChI is InChI=1S/C20H25N3O3S.ClH/c1-14-5-11-18(12-6-14)27(25,26)23-17-9-7-16(8-10-17)22-20(24)19-4-2-3-15(19)13-21;/h5-12,15,19,23H,2-4,13,21H2,1H3,(H,22,24);1H/t15-,19-;/m1./s1. The number of amides is 1. The van der Waals surface area contributed by atoms with E-state index in [1.807, 2.05) is 6.92 Å². The fourth-order valence-electron chi connectivity index (χ4n) is 3.45. The Hall–Kier alpha value is -2.09. The lowest BCUT2D eigenvalue weighted by Gasteiger charge is -2.17. The highest BCUT2D eigenvalue weighted by atomic mass is 35.5. The van der Waals surface area contributed by atoms with Crippen LogP contribution in [0, 0.1) is 18.8 Å². The number of nitrogens with one attached hydrogen (secondary N) is 2. The third kappa shape index (κ3) is 5.25. The highest BCUT2D eigenvalue weighted by Crippen LogP contribution is 2.32. The summed E-state index contributed by atoms with van der Waals surface area (Å²) in [7, 11) is -3.64. The Bertz CT molecular complexity index is 899. The molecule has 1 aliphatic carbocycles. The zero-order valence-electron chi connectivity index (χ0n) is 15.7. The molecule has 3 rings (SSSR count). The molecule has 0 radical (unpaired) electrons. The lowest BCUT2D eigenvalue weighted by molar-refractivity contribution is -0.120. The van der Waals surface area contributed by atoms with Crippen molar-refractivity contribution < 1.29 is 13.2 Å². The van der Waals surface area contributed by atoms with Gasteiger partial charge in [-0.15, -0.1) is 12.4 Å². The van der Waals surface area contributed by atoms with Crippen molar-refractivity contribution in [1.29, 1.82) is 0 Å². The van der Waals surface area contributed by atoms with Crippen molar-refractivity contribution in [2.75, 3.05) is 16.6 Å². The van der Waals surface area contributed by atoms with Crippen molar-refractivity contribution in [3.63, 3.8) is 0 Å². The van der Waals surface area contributed by atoms with E-state index in [9.17, 15) is 13.2 Å². The maximum atomic E-state index is 12.4. The number of sulfonamides is 1. The van der Waals surface area contributed by atoms with Gasteiger partial charge in [0, 0.05) is 17.3 Å². The Morgan fingerprint density at radius 1 is 1.04 bits per heavy atom. The third-order valence-electron chi connectivity index (χ3n) is 5.03. The zero-order valence-corrected chi connectivity index (χ0v) is 17.4. The molecule has 1 aliphatic rings. The Morgan fingerprint density at radius 2 is 1.64 bits per heavy atom. The van der Waals surface area contributed by atoms with Crippen LogP contribution in [0.4, 0.5) is 11.4 Å². The second kappa shape index (κ2) is 9.41. The Labute approximate surface area is 172 Å². The van der Waals surface area contributed by atoms with Crippen molar-refractivity contribution in [3.05, 3.63) is 54.1 Å². The number of hydrogen-bond donors (Lipinski definition) is 3. The molecule has 0 aliphatic heterocycles. The van der Waals surface area contributed by atoms with Crippen LogP contribution >= 0.6 is 12.4 Å². The van der Waals surface area contributed by atoms with Gasteiger partial charge < -0.3 is 11.1 Å².